The molecular weight excluding hydrogens is 304 g/mol. The predicted octanol–water partition coefficient (Wildman–Crippen LogP) is 2.23. The molecule has 2 saturated heterocycles. The molecule has 0 aromatic heterocycles. The third kappa shape index (κ3) is 3.25. The summed E-state index contributed by atoms with van der Waals surface area (Å²) in [6, 6.07) is 7.91. The summed E-state index contributed by atoms with van der Waals surface area (Å²) in [5, 5.41) is 0. The lowest BCUT2D eigenvalue weighted by atomic mass is 10.0. The van der Waals surface area contributed by atoms with Crippen molar-refractivity contribution in [1.82, 2.24) is 9.80 Å². The zero-order valence-corrected chi connectivity index (χ0v) is 14.9. The molecule has 0 radical (unpaired) electrons. The van der Waals surface area contributed by atoms with Gasteiger partial charge in [-0.2, -0.15) is 0 Å². The van der Waals surface area contributed by atoms with E-state index in [4.69, 9.17) is 4.74 Å². The average Bonchev–Trinajstić information content (AvgIpc) is 2.85. The van der Waals surface area contributed by atoms with E-state index in [0.717, 1.165) is 11.3 Å². The molecule has 3 rings (SSSR count). The van der Waals surface area contributed by atoms with Gasteiger partial charge in [-0.3, -0.25) is 9.59 Å². The number of ether oxygens (including phenoxy) is 1. The van der Waals surface area contributed by atoms with Crippen LogP contribution in [0.4, 0.5) is 0 Å². The van der Waals surface area contributed by atoms with Gasteiger partial charge in [0.2, 0.25) is 11.8 Å². The first-order valence-corrected chi connectivity index (χ1v) is 8.57. The van der Waals surface area contributed by atoms with E-state index in [-0.39, 0.29) is 29.4 Å². The van der Waals surface area contributed by atoms with Gasteiger partial charge in [-0.15, -0.1) is 0 Å². The van der Waals surface area contributed by atoms with Crippen LogP contribution in [-0.4, -0.2) is 52.9 Å². The molecule has 5 nitrogen and oxygen atoms in total. The zero-order valence-electron chi connectivity index (χ0n) is 14.9. The third-order valence-electron chi connectivity index (χ3n) is 4.83. The minimum Gasteiger partial charge on any atom is -0.486 e. The van der Waals surface area contributed by atoms with Gasteiger partial charge >= 0.3 is 0 Å². The Morgan fingerprint density at radius 3 is 2.42 bits per heavy atom. The Morgan fingerprint density at radius 2 is 1.83 bits per heavy atom. The van der Waals surface area contributed by atoms with Crippen molar-refractivity contribution >= 4 is 11.8 Å². The topological polar surface area (TPSA) is 49.9 Å². The summed E-state index contributed by atoms with van der Waals surface area (Å²) in [6.07, 6.45) is 0.376. The Bertz CT molecular complexity index is 644. The van der Waals surface area contributed by atoms with Crippen LogP contribution in [0.5, 0.6) is 5.75 Å². The number of carbonyl (C=O) groups is 2. The summed E-state index contributed by atoms with van der Waals surface area (Å²) in [4.78, 5) is 28.4. The Balaban J connectivity index is 1.52. The van der Waals surface area contributed by atoms with Crippen molar-refractivity contribution in [2.24, 2.45) is 5.92 Å². The molecule has 2 aliphatic rings. The number of aryl methyl sites for hydroxylation is 1. The van der Waals surface area contributed by atoms with Gasteiger partial charge in [-0.25, -0.2) is 0 Å². The van der Waals surface area contributed by atoms with Gasteiger partial charge in [-0.05, 0) is 39.3 Å². The third-order valence-corrected chi connectivity index (χ3v) is 4.83. The number of benzene rings is 1. The molecule has 24 heavy (non-hydrogen) atoms. The van der Waals surface area contributed by atoms with E-state index in [9.17, 15) is 9.59 Å². The summed E-state index contributed by atoms with van der Waals surface area (Å²) >= 11 is 0. The summed E-state index contributed by atoms with van der Waals surface area (Å²) in [6.45, 7) is 9.78. The van der Waals surface area contributed by atoms with Crippen LogP contribution < -0.4 is 4.74 Å². The number of nitrogens with zero attached hydrogens (tertiary/aromatic N) is 2. The lowest BCUT2D eigenvalue weighted by Gasteiger charge is -2.40. The molecule has 1 aromatic rings. The van der Waals surface area contributed by atoms with E-state index in [2.05, 4.69) is 0 Å². The van der Waals surface area contributed by atoms with Crippen LogP contribution in [0, 0.1) is 12.8 Å². The Kier molecular flexibility index (Phi) is 4.28. The van der Waals surface area contributed by atoms with Gasteiger partial charge in [-0.1, -0.05) is 18.2 Å². The van der Waals surface area contributed by atoms with Crippen molar-refractivity contribution in [2.45, 2.75) is 45.8 Å². The van der Waals surface area contributed by atoms with Gasteiger partial charge in [0, 0.05) is 18.5 Å². The second kappa shape index (κ2) is 6.11. The maximum Gasteiger partial charge on any atom is 0.228 e. The first kappa shape index (κ1) is 16.8. The molecule has 0 aliphatic carbocycles. The fourth-order valence-electron chi connectivity index (χ4n) is 3.34. The second-order valence-corrected chi connectivity index (χ2v) is 7.82. The highest BCUT2D eigenvalue weighted by Gasteiger charge is 2.43. The zero-order chi connectivity index (χ0) is 17.5. The molecule has 1 aromatic carbocycles. The Morgan fingerprint density at radius 1 is 1.17 bits per heavy atom. The molecule has 1 atom stereocenters. The van der Waals surface area contributed by atoms with Crippen molar-refractivity contribution in [1.29, 1.82) is 0 Å². The minimum atomic E-state index is -0.225. The van der Waals surface area contributed by atoms with Crippen LogP contribution in [0.3, 0.4) is 0 Å². The van der Waals surface area contributed by atoms with Gasteiger partial charge in [0.15, 0.2) is 0 Å². The molecule has 2 fully saturated rings. The highest BCUT2D eigenvalue weighted by atomic mass is 16.5. The van der Waals surface area contributed by atoms with Crippen molar-refractivity contribution in [2.75, 3.05) is 19.6 Å². The molecule has 0 spiro atoms. The summed E-state index contributed by atoms with van der Waals surface area (Å²) in [5.41, 5.74) is 0.877. The molecule has 130 valence electrons. The number of para-hydroxylation sites is 1. The summed E-state index contributed by atoms with van der Waals surface area (Å²) in [5.74, 6) is 0.828. The molecule has 0 N–H and O–H groups in total. The van der Waals surface area contributed by atoms with Crippen LogP contribution in [-0.2, 0) is 9.59 Å². The van der Waals surface area contributed by atoms with E-state index < -0.39 is 0 Å². The highest BCUT2D eigenvalue weighted by molar-refractivity contribution is 5.90. The summed E-state index contributed by atoms with van der Waals surface area (Å²) < 4.78 is 5.95. The molecule has 5 heteroatoms. The lowest BCUT2D eigenvalue weighted by Crippen LogP contribution is -2.58. The molecule has 2 aliphatic heterocycles. The highest BCUT2D eigenvalue weighted by Crippen LogP contribution is 2.29. The van der Waals surface area contributed by atoms with Crippen LogP contribution >= 0.6 is 0 Å². The summed E-state index contributed by atoms with van der Waals surface area (Å²) in [7, 11) is 0. The number of hydrogen-bond acceptors (Lipinski definition) is 3. The lowest BCUT2D eigenvalue weighted by molar-refractivity contribution is -0.144. The predicted molar refractivity (Wildman–Crippen MR) is 91.7 cm³/mol. The fourth-order valence-corrected chi connectivity index (χ4v) is 3.34. The van der Waals surface area contributed by atoms with Gasteiger partial charge in [0.25, 0.3) is 0 Å². The molecular formula is C19H26N2O3. The van der Waals surface area contributed by atoms with Crippen molar-refractivity contribution in [3.05, 3.63) is 29.8 Å². The van der Waals surface area contributed by atoms with E-state index in [1.165, 1.54) is 0 Å². The fraction of sp³-hybridized carbons (Fsp3) is 0.579. The van der Waals surface area contributed by atoms with Crippen LogP contribution in [0.1, 0.15) is 32.8 Å². The van der Waals surface area contributed by atoms with Gasteiger partial charge < -0.3 is 14.5 Å². The first-order chi connectivity index (χ1) is 11.3. The SMILES string of the molecule is Cc1ccccc1OC1CN(C(=O)[C@@H]2CC(=O)N(C(C)(C)C)C2)C1. The first-order valence-electron chi connectivity index (χ1n) is 8.57. The van der Waals surface area contributed by atoms with Crippen LogP contribution in [0.2, 0.25) is 0 Å². The Labute approximate surface area is 143 Å². The average molecular weight is 330 g/mol. The number of rotatable bonds is 3. The monoisotopic (exact) mass is 330 g/mol. The van der Waals surface area contributed by atoms with Crippen molar-refractivity contribution in [3.63, 3.8) is 0 Å². The van der Waals surface area contributed by atoms with Crippen molar-refractivity contribution < 1.29 is 14.3 Å². The van der Waals surface area contributed by atoms with E-state index in [0.29, 0.717) is 26.1 Å². The van der Waals surface area contributed by atoms with Gasteiger partial charge in [0.1, 0.15) is 11.9 Å². The normalized spacial score (nSPS) is 21.8. The minimum absolute atomic E-state index is 0.0471. The number of likely N-dealkylation sites (tertiary alicyclic amines) is 2. The number of hydrogen-bond donors (Lipinski definition) is 0. The maximum atomic E-state index is 12.6. The molecule has 2 amide bonds. The van der Waals surface area contributed by atoms with Gasteiger partial charge in [0.05, 0.1) is 19.0 Å². The quantitative estimate of drug-likeness (QED) is 0.854. The Hall–Kier alpha value is -2.04. The van der Waals surface area contributed by atoms with Crippen LogP contribution in [0.25, 0.3) is 0 Å². The smallest absolute Gasteiger partial charge is 0.228 e. The molecule has 2 heterocycles. The molecule has 0 saturated carbocycles. The maximum absolute atomic E-state index is 12.6. The number of carbonyl (C=O) groups excluding carboxylic acids is 2. The largest absolute Gasteiger partial charge is 0.486 e. The molecule has 0 bridgehead atoms. The second-order valence-electron chi connectivity index (χ2n) is 7.82. The molecule has 0 unspecified atom stereocenters. The van der Waals surface area contributed by atoms with E-state index in [1.54, 1.807) is 0 Å². The standard InChI is InChI=1S/C19H26N2O3/c1-13-7-5-6-8-16(13)24-15-11-20(12-15)18(23)14-9-17(22)21(10-14)19(2,3)4/h5-8,14-15H,9-12H2,1-4H3/t14-/m1/s1. The number of amides is 2. The van der Waals surface area contributed by atoms with Crippen molar-refractivity contribution in [3.8, 4) is 5.75 Å². The van der Waals surface area contributed by atoms with Crippen LogP contribution in [0.15, 0.2) is 24.3 Å². The van der Waals surface area contributed by atoms with E-state index in [1.807, 2.05) is 61.8 Å². The van der Waals surface area contributed by atoms with E-state index >= 15 is 0 Å².